The van der Waals surface area contributed by atoms with Gasteiger partial charge < -0.3 is 20.1 Å². The largest absolute Gasteiger partial charge is 0.493 e. The van der Waals surface area contributed by atoms with E-state index in [1.807, 2.05) is 13.0 Å². The first kappa shape index (κ1) is 28.6. The molecule has 4 aromatic carbocycles. The predicted molar refractivity (Wildman–Crippen MR) is 162 cm³/mol. The van der Waals surface area contributed by atoms with E-state index in [4.69, 9.17) is 9.47 Å². The molecule has 0 radical (unpaired) electrons. The first-order chi connectivity index (χ1) is 20.3. The van der Waals surface area contributed by atoms with E-state index in [2.05, 4.69) is 10.6 Å². The Morgan fingerprint density at radius 3 is 2.17 bits per heavy atom. The molecule has 9 heteroatoms. The summed E-state index contributed by atoms with van der Waals surface area (Å²) in [6.45, 7) is 1.89. The Kier molecular flexibility index (Phi) is 8.40. The fraction of sp³-hybridized carbons (Fsp3) is 0.152. The van der Waals surface area contributed by atoms with Crippen LogP contribution in [0.2, 0.25) is 0 Å². The zero-order chi connectivity index (χ0) is 29.8. The number of hydrogen-bond acceptors (Lipinski definition) is 7. The summed E-state index contributed by atoms with van der Waals surface area (Å²) >= 11 is 1.34. The molecule has 0 aromatic heterocycles. The minimum Gasteiger partial charge on any atom is -0.493 e. The minimum absolute atomic E-state index is 0.203. The van der Waals surface area contributed by atoms with Gasteiger partial charge in [-0.25, -0.2) is 0 Å². The third kappa shape index (κ3) is 5.64. The number of ether oxygens (including phenoxy) is 2. The van der Waals surface area contributed by atoms with Gasteiger partial charge in [-0.2, -0.15) is 0 Å². The molecular formula is C33H28N2O6S. The molecule has 1 atom stereocenters. The molecule has 2 N–H and O–H groups in total. The number of nitrogens with one attached hydrogen (secondary N) is 2. The van der Waals surface area contributed by atoms with Crippen LogP contribution in [0.15, 0.2) is 89.8 Å². The van der Waals surface area contributed by atoms with Crippen molar-refractivity contribution in [3.8, 4) is 11.5 Å². The second-order valence-corrected chi connectivity index (χ2v) is 10.8. The SMILES string of the molecule is CCC(Sc1cccc(NC(=O)c2ccc(OC)c(OC)c2)c1)C(=O)Nc1cccc2c1C(=O)c1ccccc1C2=O. The number of carbonyl (C=O) groups excluding carboxylic acids is 4. The molecule has 0 saturated heterocycles. The van der Waals surface area contributed by atoms with Crippen LogP contribution >= 0.6 is 11.8 Å². The highest BCUT2D eigenvalue weighted by molar-refractivity contribution is 8.00. The number of anilines is 2. The number of benzene rings is 4. The Labute approximate surface area is 247 Å². The Hall–Kier alpha value is -4.89. The molecule has 2 amide bonds. The summed E-state index contributed by atoms with van der Waals surface area (Å²) in [5.74, 6) is -0.193. The van der Waals surface area contributed by atoms with Gasteiger partial charge in [-0.1, -0.05) is 49.4 Å². The summed E-state index contributed by atoms with van der Waals surface area (Å²) in [6, 6.07) is 23.7. The van der Waals surface area contributed by atoms with Gasteiger partial charge in [0.1, 0.15) is 0 Å². The quantitative estimate of drug-likeness (QED) is 0.199. The van der Waals surface area contributed by atoms with Crippen molar-refractivity contribution >= 4 is 46.5 Å². The molecule has 4 aromatic rings. The van der Waals surface area contributed by atoms with Gasteiger partial charge in [0.25, 0.3) is 5.91 Å². The average molecular weight is 581 g/mol. The van der Waals surface area contributed by atoms with Crippen LogP contribution in [0.3, 0.4) is 0 Å². The monoisotopic (exact) mass is 580 g/mol. The molecule has 0 spiro atoms. The molecule has 0 aliphatic heterocycles. The van der Waals surface area contributed by atoms with E-state index in [9.17, 15) is 19.2 Å². The van der Waals surface area contributed by atoms with Crippen LogP contribution in [0.5, 0.6) is 11.5 Å². The average Bonchev–Trinajstić information content (AvgIpc) is 3.02. The number of fused-ring (bicyclic) bond motifs is 2. The van der Waals surface area contributed by atoms with Crippen LogP contribution in [0, 0.1) is 0 Å². The van der Waals surface area contributed by atoms with Crippen molar-refractivity contribution in [1.29, 1.82) is 0 Å². The fourth-order valence-electron chi connectivity index (χ4n) is 4.78. The smallest absolute Gasteiger partial charge is 0.255 e. The maximum absolute atomic E-state index is 13.4. The summed E-state index contributed by atoms with van der Waals surface area (Å²) < 4.78 is 10.5. The molecule has 0 fully saturated rings. The lowest BCUT2D eigenvalue weighted by atomic mass is 9.83. The highest BCUT2D eigenvalue weighted by atomic mass is 32.2. The number of methoxy groups -OCH3 is 2. The zero-order valence-corrected chi connectivity index (χ0v) is 24.0. The van der Waals surface area contributed by atoms with E-state index in [1.165, 1.54) is 26.0 Å². The maximum atomic E-state index is 13.4. The Morgan fingerprint density at radius 1 is 0.762 bits per heavy atom. The van der Waals surface area contributed by atoms with Crippen molar-refractivity contribution in [2.45, 2.75) is 23.5 Å². The Balaban J connectivity index is 1.31. The number of amides is 2. The summed E-state index contributed by atoms with van der Waals surface area (Å²) in [7, 11) is 3.03. The van der Waals surface area contributed by atoms with Gasteiger partial charge >= 0.3 is 0 Å². The lowest BCUT2D eigenvalue weighted by Crippen LogP contribution is -2.28. The van der Waals surface area contributed by atoms with Crippen molar-refractivity contribution in [1.82, 2.24) is 0 Å². The van der Waals surface area contributed by atoms with Crippen LogP contribution < -0.4 is 20.1 Å². The molecule has 5 rings (SSSR count). The second-order valence-electron chi connectivity index (χ2n) is 9.49. The van der Waals surface area contributed by atoms with Gasteiger partial charge in [0.05, 0.1) is 30.7 Å². The number of ketones is 2. The highest BCUT2D eigenvalue weighted by Crippen LogP contribution is 2.34. The lowest BCUT2D eigenvalue weighted by Gasteiger charge is -2.21. The van der Waals surface area contributed by atoms with Crippen LogP contribution in [0.1, 0.15) is 55.5 Å². The van der Waals surface area contributed by atoms with E-state index in [0.717, 1.165) is 4.90 Å². The van der Waals surface area contributed by atoms with E-state index >= 15 is 0 Å². The van der Waals surface area contributed by atoms with Gasteiger partial charge in [0, 0.05) is 32.8 Å². The first-order valence-electron chi connectivity index (χ1n) is 13.3. The molecule has 42 heavy (non-hydrogen) atoms. The second kappa shape index (κ2) is 12.3. The van der Waals surface area contributed by atoms with Crippen LogP contribution in [-0.2, 0) is 4.79 Å². The molecule has 0 heterocycles. The third-order valence-electron chi connectivity index (χ3n) is 6.89. The minimum atomic E-state index is -0.501. The van der Waals surface area contributed by atoms with Gasteiger partial charge in [0.15, 0.2) is 23.1 Å². The summed E-state index contributed by atoms with van der Waals surface area (Å²) in [5.41, 5.74) is 2.43. The van der Waals surface area contributed by atoms with E-state index in [-0.39, 0.29) is 34.5 Å². The van der Waals surface area contributed by atoms with E-state index < -0.39 is 5.25 Å². The fourth-order valence-corrected chi connectivity index (χ4v) is 5.79. The van der Waals surface area contributed by atoms with Crippen molar-refractivity contribution in [3.05, 3.63) is 113 Å². The normalized spacial score (nSPS) is 12.5. The first-order valence-corrected chi connectivity index (χ1v) is 14.1. The molecule has 0 bridgehead atoms. The standard InChI is InChI=1S/C33H28N2O6S/c1-4-28(33(39)35-25-14-8-13-24-29(25)31(37)23-12-6-5-11-22(23)30(24)36)42-21-10-7-9-20(18-21)34-32(38)19-15-16-26(40-2)27(17-19)41-3/h5-18,28H,4H2,1-3H3,(H,34,38)(H,35,39). The van der Waals surface area contributed by atoms with Gasteiger partial charge in [0.2, 0.25) is 5.91 Å². The number of carbonyl (C=O) groups is 4. The van der Waals surface area contributed by atoms with Crippen LogP contribution in [0.4, 0.5) is 11.4 Å². The van der Waals surface area contributed by atoms with Crippen molar-refractivity contribution in [2.24, 2.45) is 0 Å². The summed E-state index contributed by atoms with van der Waals surface area (Å²) in [4.78, 5) is 53.5. The Bertz CT molecular complexity index is 1720. The maximum Gasteiger partial charge on any atom is 0.255 e. The molecule has 212 valence electrons. The van der Waals surface area contributed by atoms with Gasteiger partial charge in [-0.15, -0.1) is 11.8 Å². The summed E-state index contributed by atoms with van der Waals surface area (Å²) in [6.07, 6.45) is 0.503. The van der Waals surface area contributed by atoms with Crippen LogP contribution in [-0.4, -0.2) is 42.9 Å². The summed E-state index contributed by atoms with van der Waals surface area (Å²) in [5, 5.41) is 5.27. The van der Waals surface area contributed by atoms with Gasteiger partial charge in [-0.3, -0.25) is 19.2 Å². The van der Waals surface area contributed by atoms with Crippen molar-refractivity contribution < 1.29 is 28.7 Å². The number of thioether (sulfide) groups is 1. The van der Waals surface area contributed by atoms with Crippen molar-refractivity contribution in [3.63, 3.8) is 0 Å². The van der Waals surface area contributed by atoms with E-state index in [0.29, 0.717) is 46.0 Å². The Morgan fingerprint density at radius 2 is 1.45 bits per heavy atom. The third-order valence-corrected chi connectivity index (χ3v) is 8.25. The van der Waals surface area contributed by atoms with Crippen molar-refractivity contribution in [2.75, 3.05) is 24.9 Å². The molecule has 8 nitrogen and oxygen atoms in total. The lowest BCUT2D eigenvalue weighted by molar-refractivity contribution is -0.115. The predicted octanol–water partition coefficient (Wildman–Crippen LogP) is 6.24. The number of hydrogen-bond donors (Lipinski definition) is 2. The molecule has 1 unspecified atom stereocenters. The highest BCUT2D eigenvalue weighted by Gasteiger charge is 2.32. The topological polar surface area (TPSA) is 111 Å². The molecule has 0 saturated carbocycles. The molecule has 1 aliphatic rings. The van der Waals surface area contributed by atoms with Gasteiger partial charge in [-0.05, 0) is 48.9 Å². The molecular weight excluding hydrogens is 552 g/mol. The number of rotatable bonds is 9. The van der Waals surface area contributed by atoms with Crippen LogP contribution in [0.25, 0.3) is 0 Å². The van der Waals surface area contributed by atoms with E-state index in [1.54, 1.807) is 78.9 Å². The molecule has 1 aliphatic carbocycles. The zero-order valence-electron chi connectivity index (χ0n) is 23.2.